The van der Waals surface area contributed by atoms with Gasteiger partial charge in [0, 0.05) is 32.7 Å². The molecule has 28 heavy (non-hydrogen) atoms. The first-order valence-corrected chi connectivity index (χ1v) is 9.40. The number of carbonyl (C=O) groups is 2. The SMILES string of the molecule is CCOC(=O)N1CCN(c2cnc(C(=O)NCc3ccccc3C)cn2)CC1. The Hall–Kier alpha value is -3.16. The van der Waals surface area contributed by atoms with Crippen LogP contribution in [0.5, 0.6) is 0 Å². The van der Waals surface area contributed by atoms with Crippen molar-refractivity contribution in [1.82, 2.24) is 20.2 Å². The number of aromatic nitrogens is 2. The van der Waals surface area contributed by atoms with Gasteiger partial charge in [0.1, 0.15) is 11.5 Å². The van der Waals surface area contributed by atoms with Crippen molar-refractivity contribution >= 4 is 17.8 Å². The van der Waals surface area contributed by atoms with E-state index in [-0.39, 0.29) is 17.7 Å². The molecule has 1 aromatic carbocycles. The van der Waals surface area contributed by atoms with Crippen molar-refractivity contribution < 1.29 is 14.3 Å². The molecule has 2 heterocycles. The third kappa shape index (κ3) is 4.76. The third-order valence-electron chi connectivity index (χ3n) is 4.70. The summed E-state index contributed by atoms with van der Waals surface area (Å²) < 4.78 is 5.02. The summed E-state index contributed by atoms with van der Waals surface area (Å²) >= 11 is 0. The molecule has 0 spiro atoms. The van der Waals surface area contributed by atoms with Gasteiger partial charge in [-0.15, -0.1) is 0 Å². The largest absolute Gasteiger partial charge is 0.450 e. The number of aryl methyl sites for hydroxylation is 1. The maximum Gasteiger partial charge on any atom is 0.409 e. The first-order chi connectivity index (χ1) is 13.6. The molecule has 0 bridgehead atoms. The zero-order valence-corrected chi connectivity index (χ0v) is 16.2. The Bertz CT molecular complexity index is 817. The maximum atomic E-state index is 12.3. The lowest BCUT2D eigenvalue weighted by Gasteiger charge is -2.34. The number of amides is 2. The zero-order valence-electron chi connectivity index (χ0n) is 16.2. The second kappa shape index (κ2) is 9.16. The first-order valence-electron chi connectivity index (χ1n) is 9.40. The molecule has 8 nitrogen and oxygen atoms in total. The Morgan fingerprint density at radius 3 is 2.50 bits per heavy atom. The summed E-state index contributed by atoms with van der Waals surface area (Å²) in [7, 11) is 0. The molecule has 2 amide bonds. The van der Waals surface area contributed by atoms with E-state index in [9.17, 15) is 9.59 Å². The quantitative estimate of drug-likeness (QED) is 0.850. The highest BCUT2D eigenvalue weighted by Crippen LogP contribution is 2.13. The molecule has 1 saturated heterocycles. The van der Waals surface area contributed by atoms with Gasteiger partial charge in [0.15, 0.2) is 0 Å². The van der Waals surface area contributed by atoms with Crippen LogP contribution in [0, 0.1) is 6.92 Å². The van der Waals surface area contributed by atoms with Crippen LogP contribution in [0.1, 0.15) is 28.5 Å². The van der Waals surface area contributed by atoms with Crippen molar-refractivity contribution in [2.75, 3.05) is 37.7 Å². The van der Waals surface area contributed by atoms with E-state index in [0.29, 0.717) is 45.1 Å². The van der Waals surface area contributed by atoms with E-state index in [1.807, 2.05) is 36.1 Å². The van der Waals surface area contributed by atoms with Crippen molar-refractivity contribution in [1.29, 1.82) is 0 Å². The molecule has 0 atom stereocenters. The molecule has 8 heteroatoms. The summed E-state index contributed by atoms with van der Waals surface area (Å²) in [6.45, 7) is 7.06. The molecule has 2 aromatic rings. The number of carbonyl (C=O) groups excluding carboxylic acids is 2. The van der Waals surface area contributed by atoms with Gasteiger partial charge in [-0.25, -0.2) is 14.8 Å². The first kappa shape index (κ1) is 19.6. The summed E-state index contributed by atoms with van der Waals surface area (Å²) in [5, 5.41) is 2.87. The van der Waals surface area contributed by atoms with E-state index in [1.165, 1.54) is 6.20 Å². The van der Waals surface area contributed by atoms with E-state index in [4.69, 9.17) is 4.74 Å². The summed E-state index contributed by atoms with van der Waals surface area (Å²) in [4.78, 5) is 36.4. The molecule has 148 valence electrons. The van der Waals surface area contributed by atoms with Gasteiger partial charge in [-0.05, 0) is 25.0 Å². The Morgan fingerprint density at radius 1 is 1.11 bits per heavy atom. The summed E-state index contributed by atoms with van der Waals surface area (Å²) in [6.07, 6.45) is 2.80. The Kier molecular flexibility index (Phi) is 6.41. The minimum absolute atomic E-state index is 0.255. The van der Waals surface area contributed by atoms with Gasteiger partial charge >= 0.3 is 6.09 Å². The average molecular weight is 383 g/mol. The second-order valence-corrected chi connectivity index (χ2v) is 6.54. The Labute approximate surface area is 164 Å². The van der Waals surface area contributed by atoms with Crippen LogP contribution >= 0.6 is 0 Å². The standard InChI is InChI=1S/C20H25N5O3/c1-3-28-20(27)25-10-8-24(9-11-25)18-14-21-17(13-22-18)19(26)23-12-16-7-5-4-6-15(16)2/h4-7,13-14H,3,8-12H2,1-2H3,(H,23,26). The van der Waals surface area contributed by atoms with Crippen LogP contribution in [0.4, 0.5) is 10.6 Å². The Balaban J connectivity index is 1.53. The van der Waals surface area contributed by atoms with Crippen molar-refractivity contribution in [3.63, 3.8) is 0 Å². The topological polar surface area (TPSA) is 87.7 Å². The number of benzene rings is 1. The number of nitrogens with zero attached hydrogens (tertiary/aromatic N) is 4. The molecular weight excluding hydrogens is 358 g/mol. The molecule has 0 radical (unpaired) electrons. The molecule has 1 N–H and O–H groups in total. The number of rotatable bonds is 5. The summed E-state index contributed by atoms with van der Waals surface area (Å²) in [6, 6.07) is 7.92. The van der Waals surface area contributed by atoms with Crippen LogP contribution in [-0.2, 0) is 11.3 Å². The number of hydrogen-bond acceptors (Lipinski definition) is 6. The van der Waals surface area contributed by atoms with E-state index >= 15 is 0 Å². The van der Waals surface area contributed by atoms with Gasteiger partial charge in [-0.1, -0.05) is 24.3 Å². The number of anilines is 1. The number of piperazine rings is 1. The fraction of sp³-hybridized carbons (Fsp3) is 0.400. The molecule has 3 rings (SSSR count). The number of hydrogen-bond donors (Lipinski definition) is 1. The summed E-state index contributed by atoms with van der Waals surface area (Å²) in [5.41, 5.74) is 2.48. The zero-order chi connectivity index (χ0) is 19.9. The fourth-order valence-electron chi connectivity index (χ4n) is 3.01. The second-order valence-electron chi connectivity index (χ2n) is 6.54. The summed E-state index contributed by atoms with van der Waals surface area (Å²) in [5.74, 6) is 0.438. The van der Waals surface area contributed by atoms with Crippen LogP contribution in [0.25, 0.3) is 0 Å². The van der Waals surface area contributed by atoms with E-state index < -0.39 is 0 Å². The average Bonchev–Trinajstić information content (AvgIpc) is 2.73. The molecule has 0 saturated carbocycles. The Morgan fingerprint density at radius 2 is 1.86 bits per heavy atom. The van der Waals surface area contributed by atoms with Gasteiger partial charge in [0.2, 0.25) is 0 Å². The molecule has 1 aliphatic rings. The minimum Gasteiger partial charge on any atom is -0.450 e. The fourth-order valence-corrected chi connectivity index (χ4v) is 3.01. The lowest BCUT2D eigenvalue weighted by Crippen LogP contribution is -2.49. The number of ether oxygens (including phenoxy) is 1. The van der Waals surface area contributed by atoms with Crippen molar-refractivity contribution in [2.45, 2.75) is 20.4 Å². The highest BCUT2D eigenvalue weighted by atomic mass is 16.6. The van der Waals surface area contributed by atoms with E-state index in [0.717, 1.165) is 11.1 Å². The van der Waals surface area contributed by atoms with Crippen LogP contribution in [0.15, 0.2) is 36.7 Å². The molecule has 1 fully saturated rings. The maximum absolute atomic E-state index is 12.3. The van der Waals surface area contributed by atoms with Crippen LogP contribution in [-0.4, -0.2) is 59.7 Å². The van der Waals surface area contributed by atoms with Gasteiger partial charge < -0.3 is 19.9 Å². The van der Waals surface area contributed by atoms with Gasteiger partial charge in [-0.2, -0.15) is 0 Å². The molecule has 0 unspecified atom stereocenters. The monoisotopic (exact) mass is 383 g/mol. The van der Waals surface area contributed by atoms with Gasteiger partial charge in [0.05, 0.1) is 19.0 Å². The predicted molar refractivity (Wildman–Crippen MR) is 105 cm³/mol. The van der Waals surface area contributed by atoms with Gasteiger partial charge in [-0.3, -0.25) is 4.79 Å². The van der Waals surface area contributed by atoms with Crippen LogP contribution in [0.3, 0.4) is 0 Å². The van der Waals surface area contributed by atoms with Crippen molar-refractivity contribution in [2.24, 2.45) is 0 Å². The lowest BCUT2D eigenvalue weighted by molar-refractivity contribution is 0.0944. The van der Waals surface area contributed by atoms with Gasteiger partial charge in [0.25, 0.3) is 5.91 Å². The molecule has 1 aromatic heterocycles. The molecular formula is C20H25N5O3. The molecule has 1 aliphatic heterocycles. The van der Waals surface area contributed by atoms with Crippen molar-refractivity contribution in [3.05, 3.63) is 53.5 Å². The number of nitrogens with one attached hydrogen (secondary N) is 1. The van der Waals surface area contributed by atoms with E-state index in [1.54, 1.807) is 18.0 Å². The normalized spacial score (nSPS) is 13.9. The molecule has 0 aliphatic carbocycles. The van der Waals surface area contributed by atoms with Crippen LogP contribution < -0.4 is 10.2 Å². The van der Waals surface area contributed by atoms with Crippen molar-refractivity contribution in [3.8, 4) is 0 Å². The van der Waals surface area contributed by atoms with E-state index in [2.05, 4.69) is 15.3 Å². The highest BCUT2D eigenvalue weighted by molar-refractivity contribution is 5.92. The van der Waals surface area contributed by atoms with Crippen LogP contribution in [0.2, 0.25) is 0 Å². The lowest BCUT2D eigenvalue weighted by atomic mass is 10.1. The third-order valence-corrected chi connectivity index (χ3v) is 4.70. The smallest absolute Gasteiger partial charge is 0.409 e. The minimum atomic E-state index is -0.283. The highest BCUT2D eigenvalue weighted by Gasteiger charge is 2.23. The predicted octanol–water partition coefficient (Wildman–Crippen LogP) is 1.99.